The van der Waals surface area contributed by atoms with Crippen LogP contribution in [0.5, 0.6) is 0 Å². The number of hydrogen-bond donors (Lipinski definition) is 1. The molecule has 0 aromatic rings. The molecule has 4 heteroatoms. The van der Waals surface area contributed by atoms with E-state index in [2.05, 4.69) is 5.32 Å². The molecule has 12 heavy (non-hydrogen) atoms. The van der Waals surface area contributed by atoms with Gasteiger partial charge >= 0.3 is 5.97 Å². The van der Waals surface area contributed by atoms with E-state index in [1.165, 1.54) is 0 Å². The number of hydrogen-bond acceptors (Lipinski definition) is 3. The Hall–Kier alpha value is -1.06. The SMILES string of the molecule is CCCOC(=O)CNC(=O)CC. The van der Waals surface area contributed by atoms with Gasteiger partial charge in [0.15, 0.2) is 0 Å². The van der Waals surface area contributed by atoms with Gasteiger partial charge in [0, 0.05) is 6.42 Å². The first kappa shape index (κ1) is 10.9. The van der Waals surface area contributed by atoms with Crippen molar-refractivity contribution in [2.45, 2.75) is 26.7 Å². The van der Waals surface area contributed by atoms with Crippen LogP contribution in [-0.2, 0) is 14.3 Å². The summed E-state index contributed by atoms with van der Waals surface area (Å²) in [5.74, 6) is -0.512. The van der Waals surface area contributed by atoms with Gasteiger partial charge in [-0.25, -0.2) is 0 Å². The van der Waals surface area contributed by atoms with Gasteiger partial charge in [-0.05, 0) is 6.42 Å². The summed E-state index contributed by atoms with van der Waals surface area (Å²) in [6.07, 6.45) is 1.19. The van der Waals surface area contributed by atoms with Gasteiger partial charge in [0.1, 0.15) is 6.54 Å². The molecule has 0 heterocycles. The van der Waals surface area contributed by atoms with Crippen LogP contribution in [0.25, 0.3) is 0 Å². The lowest BCUT2D eigenvalue weighted by atomic mass is 10.4. The van der Waals surface area contributed by atoms with Crippen molar-refractivity contribution in [1.82, 2.24) is 5.32 Å². The van der Waals surface area contributed by atoms with E-state index >= 15 is 0 Å². The third-order valence-electron chi connectivity index (χ3n) is 1.22. The normalized spacial score (nSPS) is 9.17. The molecule has 4 nitrogen and oxygen atoms in total. The predicted molar refractivity (Wildman–Crippen MR) is 44.6 cm³/mol. The van der Waals surface area contributed by atoms with Gasteiger partial charge in [-0.15, -0.1) is 0 Å². The highest BCUT2D eigenvalue weighted by Crippen LogP contribution is 1.82. The highest BCUT2D eigenvalue weighted by Gasteiger charge is 2.03. The molecule has 0 bridgehead atoms. The van der Waals surface area contributed by atoms with Crippen LogP contribution in [0.15, 0.2) is 0 Å². The molecule has 0 aromatic carbocycles. The van der Waals surface area contributed by atoms with Crippen molar-refractivity contribution in [3.05, 3.63) is 0 Å². The second-order valence-corrected chi connectivity index (χ2v) is 2.35. The molecule has 0 spiro atoms. The van der Waals surface area contributed by atoms with Crippen LogP contribution in [0, 0.1) is 0 Å². The van der Waals surface area contributed by atoms with E-state index in [4.69, 9.17) is 4.74 Å². The van der Waals surface area contributed by atoms with Crippen molar-refractivity contribution in [3.63, 3.8) is 0 Å². The van der Waals surface area contributed by atoms with Crippen molar-refractivity contribution in [3.8, 4) is 0 Å². The van der Waals surface area contributed by atoms with Crippen molar-refractivity contribution in [2.75, 3.05) is 13.2 Å². The maximum Gasteiger partial charge on any atom is 0.325 e. The molecule has 0 fully saturated rings. The number of carbonyl (C=O) groups is 2. The summed E-state index contributed by atoms with van der Waals surface area (Å²) in [6.45, 7) is 4.04. The molecular formula is C8H15NO3. The zero-order valence-corrected chi connectivity index (χ0v) is 7.55. The molecule has 0 aliphatic carbocycles. The summed E-state index contributed by atoms with van der Waals surface area (Å²) >= 11 is 0. The minimum Gasteiger partial charge on any atom is -0.464 e. The van der Waals surface area contributed by atoms with Crippen LogP contribution >= 0.6 is 0 Å². The molecule has 0 rings (SSSR count). The Labute approximate surface area is 72.3 Å². The van der Waals surface area contributed by atoms with Crippen LogP contribution < -0.4 is 5.32 Å². The van der Waals surface area contributed by atoms with Crippen molar-refractivity contribution >= 4 is 11.9 Å². The van der Waals surface area contributed by atoms with E-state index in [0.29, 0.717) is 13.0 Å². The molecule has 0 atom stereocenters. The predicted octanol–water partition coefficient (Wildman–Crippen LogP) is 0.466. The number of carbonyl (C=O) groups excluding carboxylic acids is 2. The van der Waals surface area contributed by atoms with Gasteiger partial charge in [0.25, 0.3) is 0 Å². The maximum absolute atomic E-state index is 10.8. The van der Waals surface area contributed by atoms with Crippen molar-refractivity contribution in [1.29, 1.82) is 0 Å². The van der Waals surface area contributed by atoms with E-state index in [1.807, 2.05) is 6.92 Å². The molecule has 0 aromatic heterocycles. The zero-order valence-electron chi connectivity index (χ0n) is 7.55. The van der Waals surface area contributed by atoms with Gasteiger partial charge in [-0.3, -0.25) is 9.59 Å². The second kappa shape index (κ2) is 6.64. The lowest BCUT2D eigenvalue weighted by Gasteiger charge is -2.03. The molecule has 0 saturated heterocycles. The molecular weight excluding hydrogens is 158 g/mol. The Morgan fingerprint density at radius 3 is 2.50 bits per heavy atom. The lowest BCUT2D eigenvalue weighted by Crippen LogP contribution is -2.30. The zero-order chi connectivity index (χ0) is 9.40. The molecule has 1 N–H and O–H groups in total. The molecule has 0 radical (unpaired) electrons. The summed E-state index contributed by atoms with van der Waals surface area (Å²) in [7, 11) is 0. The fourth-order valence-electron chi connectivity index (χ4n) is 0.563. The first-order chi connectivity index (χ1) is 5.70. The number of amides is 1. The highest BCUT2D eigenvalue weighted by atomic mass is 16.5. The quantitative estimate of drug-likeness (QED) is 0.615. The average Bonchev–Trinajstić information content (AvgIpc) is 2.10. The van der Waals surface area contributed by atoms with Gasteiger partial charge in [-0.2, -0.15) is 0 Å². The first-order valence-electron chi connectivity index (χ1n) is 4.13. The van der Waals surface area contributed by atoms with Gasteiger partial charge < -0.3 is 10.1 Å². The molecule has 0 aliphatic rings. The lowest BCUT2D eigenvalue weighted by molar-refractivity contribution is -0.143. The van der Waals surface area contributed by atoms with Crippen molar-refractivity contribution in [2.24, 2.45) is 0 Å². The maximum atomic E-state index is 10.8. The summed E-state index contributed by atoms with van der Waals surface area (Å²) < 4.78 is 4.73. The Morgan fingerprint density at radius 2 is 2.00 bits per heavy atom. The second-order valence-electron chi connectivity index (χ2n) is 2.35. The van der Waals surface area contributed by atoms with Crippen LogP contribution in [0.1, 0.15) is 26.7 Å². The fraction of sp³-hybridized carbons (Fsp3) is 0.750. The largest absolute Gasteiger partial charge is 0.464 e. The smallest absolute Gasteiger partial charge is 0.325 e. The minimum absolute atomic E-state index is 0.0212. The Balaban J connectivity index is 3.37. The first-order valence-corrected chi connectivity index (χ1v) is 4.13. The van der Waals surface area contributed by atoms with Crippen LogP contribution in [0.3, 0.4) is 0 Å². The van der Waals surface area contributed by atoms with E-state index in [0.717, 1.165) is 6.42 Å². The standard InChI is InChI=1S/C8H15NO3/c1-3-5-12-8(11)6-9-7(10)4-2/h3-6H2,1-2H3,(H,9,10). The van der Waals surface area contributed by atoms with E-state index in [1.54, 1.807) is 6.92 Å². The fourth-order valence-corrected chi connectivity index (χ4v) is 0.563. The van der Waals surface area contributed by atoms with Crippen molar-refractivity contribution < 1.29 is 14.3 Å². The molecule has 0 saturated carbocycles. The number of rotatable bonds is 5. The molecule has 1 amide bonds. The number of ether oxygens (including phenoxy) is 1. The minimum atomic E-state index is -0.376. The summed E-state index contributed by atoms with van der Waals surface area (Å²) in [6, 6.07) is 0. The molecule has 70 valence electrons. The van der Waals surface area contributed by atoms with Crippen LogP contribution in [-0.4, -0.2) is 25.0 Å². The third-order valence-corrected chi connectivity index (χ3v) is 1.22. The molecule has 0 aliphatic heterocycles. The Kier molecular flexibility index (Phi) is 6.05. The third kappa shape index (κ3) is 5.70. The van der Waals surface area contributed by atoms with Crippen LogP contribution in [0.2, 0.25) is 0 Å². The van der Waals surface area contributed by atoms with Gasteiger partial charge in [0.2, 0.25) is 5.91 Å². The van der Waals surface area contributed by atoms with E-state index < -0.39 is 0 Å². The summed E-state index contributed by atoms with van der Waals surface area (Å²) in [5, 5.41) is 2.43. The van der Waals surface area contributed by atoms with E-state index in [9.17, 15) is 9.59 Å². The average molecular weight is 173 g/mol. The summed E-state index contributed by atoms with van der Waals surface area (Å²) in [4.78, 5) is 21.5. The highest BCUT2D eigenvalue weighted by molar-refractivity contribution is 5.81. The van der Waals surface area contributed by atoms with Gasteiger partial charge in [0.05, 0.1) is 6.61 Å². The summed E-state index contributed by atoms with van der Waals surface area (Å²) in [5.41, 5.74) is 0. The molecule has 0 unspecified atom stereocenters. The monoisotopic (exact) mass is 173 g/mol. The van der Waals surface area contributed by atoms with E-state index in [-0.39, 0.29) is 18.4 Å². The topological polar surface area (TPSA) is 55.4 Å². The van der Waals surface area contributed by atoms with Gasteiger partial charge in [-0.1, -0.05) is 13.8 Å². The van der Waals surface area contributed by atoms with Crippen LogP contribution in [0.4, 0.5) is 0 Å². The Morgan fingerprint density at radius 1 is 1.33 bits per heavy atom. The number of nitrogens with one attached hydrogen (secondary N) is 1. The number of esters is 1. The Bertz CT molecular complexity index is 156.